The number of nitrogens with one attached hydrogen (secondary N) is 1. The maximum Gasteiger partial charge on any atom is 0.416 e. The van der Waals surface area contributed by atoms with Crippen LogP contribution in [0.15, 0.2) is 67.0 Å². The van der Waals surface area contributed by atoms with Crippen molar-refractivity contribution < 1.29 is 22.8 Å². The Morgan fingerprint density at radius 1 is 1.03 bits per heavy atom. The lowest BCUT2D eigenvalue weighted by Crippen LogP contribution is -2.22. The normalized spacial score (nSPS) is 15.2. The average molecular weight is 462 g/mol. The van der Waals surface area contributed by atoms with Crippen LogP contribution in [0.25, 0.3) is 22.5 Å². The number of hydrogen-bond donors (Lipinski definition) is 1. The molecule has 1 unspecified atom stereocenters. The predicted octanol–water partition coefficient (Wildman–Crippen LogP) is 4.81. The second-order valence-electron chi connectivity index (χ2n) is 7.95. The van der Waals surface area contributed by atoms with Crippen LogP contribution >= 0.6 is 0 Å². The minimum absolute atomic E-state index is 0.170. The zero-order valence-corrected chi connectivity index (χ0v) is 17.8. The molecular weight excluding hydrogens is 445 g/mol. The van der Waals surface area contributed by atoms with Crippen molar-refractivity contribution in [1.29, 1.82) is 0 Å². The summed E-state index contributed by atoms with van der Waals surface area (Å²) in [6, 6.07) is 15.5. The van der Waals surface area contributed by atoms with E-state index in [1.54, 1.807) is 23.7 Å². The molecule has 9 heteroatoms. The van der Waals surface area contributed by atoms with Crippen LogP contribution in [0.1, 0.15) is 43.4 Å². The lowest BCUT2D eigenvalue weighted by Gasteiger charge is -2.22. The van der Waals surface area contributed by atoms with Gasteiger partial charge in [0.25, 0.3) is 5.91 Å². The van der Waals surface area contributed by atoms with Crippen LogP contribution in [0, 0.1) is 0 Å². The molecule has 0 fully saturated rings. The third-order valence-corrected chi connectivity index (χ3v) is 5.88. The van der Waals surface area contributed by atoms with E-state index in [1.165, 1.54) is 12.4 Å². The second-order valence-corrected chi connectivity index (χ2v) is 7.95. The van der Waals surface area contributed by atoms with E-state index < -0.39 is 23.7 Å². The van der Waals surface area contributed by atoms with E-state index in [-0.39, 0.29) is 16.7 Å². The number of carbonyl (C=O) groups excluding carboxylic acids is 2. The largest absolute Gasteiger partial charge is 0.416 e. The quantitative estimate of drug-likeness (QED) is 0.442. The van der Waals surface area contributed by atoms with Gasteiger partial charge in [0.05, 0.1) is 11.6 Å². The van der Waals surface area contributed by atoms with Gasteiger partial charge in [-0.25, -0.2) is 0 Å². The summed E-state index contributed by atoms with van der Waals surface area (Å²) in [6.07, 6.45) is -2.97. The SMILES string of the molecule is Cn1cnnc1-c1c(-c2ccccc2)cccc1C1NC(=O)c2cc(C=O)cc(C(F)(F)F)c21. The fourth-order valence-corrected chi connectivity index (χ4v) is 4.42. The van der Waals surface area contributed by atoms with E-state index >= 15 is 0 Å². The molecule has 4 aromatic rings. The summed E-state index contributed by atoms with van der Waals surface area (Å²) in [5.41, 5.74) is 0.938. The highest BCUT2D eigenvalue weighted by molar-refractivity contribution is 6.02. The smallest absolute Gasteiger partial charge is 0.341 e. The van der Waals surface area contributed by atoms with Crippen LogP contribution < -0.4 is 5.32 Å². The number of amides is 1. The number of nitrogens with zero attached hydrogens (tertiary/aromatic N) is 3. The number of halogens is 3. The standard InChI is InChI=1S/C25H17F3N4O2/c1-32-13-29-31-23(32)20-16(15-6-3-2-4-7-15)8-5-9-17(20)22-21-18(24(34)30-22)10-14(12-33)11-19(21)25(26,27)28/h2-13,22H,1H3,(H,30,34). The third kappa shape index (κ3) is 3.45. The number of rotatable bonds is 4. The summed E-state index contributed by atoms with van der Waals surface area (Å²) in [5.74, 6) is -0.238. The van der Waals surface area contributed by atoms with E-state index in [1.807, 2.05) is 36.4 Å². The van der Waals surface area contributed by atoms with Crippen LogP contribution in [0.4, 0.5) is 13.2 Å². The summed E-state index contributed by atoms with van der Waals surface area (Å²) in [5, 5.41) is 10.8. The Bertz CT molecular complexity index is 1430. The van der Waals surface area contributed by atoms with Crippen LogP contribution in [0.5, 0.6) is 0 Å². The summed E-state index contributed by atoms with van der Waals surface area (Å²) < 4.78 is 43.9. The molecule has 34 heavy (non-hydrogen) atoms. The molecule has 1 aliphatic rings. The van der Waals surface area contributed by atoms with E-state index in [9.17, 15) is 22.8 Å². The summed E-state index contributed by atoms with van der Waals surface area (Å²) >= 11 is 0. The van der Waals surface area contributed by atoms with Crippen LogP contribution in [-0.2, 0) is 13.2 Å². The summed E-state index contributed by atoms with van der Waals surface area (Å²) in [4.78, 5) is 24.1. The molecule has 2 heterocycles. The molecular formula is C25H17F3N4O2. The Kier molecular flexibility index (Phi) is 5.04. The van der Waals surface area contributed by atoms with Gasteiger partial charge >= 0.3 is 6.18 Å². The first kappa shape index (κ1) is 21.6. The van der Waals surface area contributed by atoms with Crippen LogP contribution in [-0.4, -0.2) is 27.0 Å². The fraction of sp³-hybridized carbons (Fsp3) is 0.120. The molecule has 0 aliphatic carbocycles. The number of hydrogen-bond acceptors (Lipinski definition) is 4. The van der Waals surface area contributed by atoms with Crippen molar-refractivity contribution in [2.24, 2.45) is 7.05 Å². The first-order valence-corrected chi connectivity index (χ1v) is 10.3. The Labute approximate surface area is 192 Å². The topological polar surface area (TPSA) is 76.9 Å². The van der Waals surface area contributed by atoms with Crippen molar-refractivity contribution in [3.8, 4) is 22.5 Å². The zero-order valence-electron chi connectivity index (χ0n) is 17.8. The molecule has 1 aromatic heterocycles. The molecule has 1 N–H and O–H groups in total. The fourth-order valence-electron chi connectivity index (χ4n) is 4.42. The minimum atomic E-state index is -4.77. The molecule has 6 nitrogen and oxygen atoms in total. The molecule has 3 aromatic carbocycles. The molecule has 0 saturated heterocycles. The molecule has 1 aliphatic heterocycles. The maximum absolute atomic E-state index is 14.1. The molecule has 0 radical (unpaired) electrons. The predicted molar refractivity (Wildman–Crippen MR) is 118 cm³/mol. The number of benzene rings is 3. The van der Waals surface area contributed by atoms with Crippen LogP contribution in [0.3, 0.4) is 0 Å². The van der Waals surface area contributed by atoms with E-state index in [0.717, 1.165) is 17.2 Å². The number of aryl methyl sites for hydroxylation is 1. The third-order valence-electron chi connectivity index (χ3n) is 5.88. The van der Waals surface area contributed by atoms with Gasteiger partial charge in [-0.1, -0.05) is 48.5 Å². The first-order valence-electron chi connectivity index (χ1n) is 10.3. The Morgan fingerprint density at radius 2 is 1.79 bits per heavy atom. The van der Waals surface area contributed by atoms with Crippen molar-refractivity contribution in [3.05, 3.63) is 94.8 Å². The van der Waals surface area contributed by atoms with Gasteiger partial charge in [0.2, 0.25) is 0 Å². The monoisotopic (exact) mass is 462 g/mol. The second kappa shape index (κ2) is 7.95. The van der Waals surface area contributed by atoms with Crippen molar-refractivity contribution in [1.82, 2.24) is 20.1 Å². The van der Waals surface area contributed by atoms with Crippen molar-refractivity contribution >= 4 is 12.2 Å². The highest BCUT2D eigenvalue weighted by atomic mass is 19.4. The number of fused-ring (bicyclic) bond motifs is 1. The molecule has 0 bridgehead atoms. The zero-order chi connectivity index (χ0) is 24.0. The molecule has 170 valence electrons. The molecule has 0 saturated carbocycles. The highest BCUT2D eigenvalue weighted by Gasteiger charge is 2.43. The van der Waals surface area contributed by atoms with Crippen molar-refractivity contribution in [2.45, 2.75) is 12.2 Å². The van der Waals surface area contributed by atoms with E-state index in [4.69, 9.17) is 0 Å². The van der Waals surface area contributed by atoms with Gasteiger partial charge in [-0.15, -0.1) is 10.2 Å². The highest BCUT2D eigenvalue weighted by Crippen LogP contribution is 2.45. The maximum atomic E-state index is 14.1. The molecule has 1 amide bonds. The molecule has 0 spiro atoms. The number of carbonyl (C=O) groups is 2. The van der Waals surface area contributed by atoms with Gasteiger partial charge in [0.1, 0.15) is 12.6 Å². The number of aldehydes is 1. The Balaban J connectivity index is 1.82. The molecule has 5 rings (SSSR count). The van der Waals surface area contributed by atoms with E-state index in [2.05, 4.69) is 15.5 Å². The Morgan fingerprint density at radius 3 is 2.44 bits per heavy atom. The minimum Gasteiger partial charge on any atom is -0.341 e. The average Bonchev–Trinajstić information content (AvgIpc) is 3.40. The van der Waals surface area contributed by atoms with E-state index in [0.29, 0.717) is 23.2 Å². The van der Waals surface area contributed by atoms with Crippen LogP contribution in [0.2, 0.25) is 0 Å². The number of alkyl halides is 3. The Hall–Kier alpha value is -4.27. The van der Waals surface area contributed by atoms with Crippen molar-refractivity contribution in [3.63, 3.8) is 0 Å². The van der Waals surface area contributed by atoms with Crippen molar-refractivity contribution in [2.75, 3.05) is 0 Å². The lowest BCUT2D eigenvalue weighted by atomic mass is 9.86. The van der Waals surface area contributed by atoms with Gasteiger partial charge in [0, 0.05) is 29.3 Å². The molecule has 1 atom stereocenters. The first-order chi connectivity index (χ1) is 16.3. The van der Waals surface area contributed by atoms with Gasteiger partial charge in [-0.2, -0.15) is 13.2 Å². The van der Waals surface area contributed by atoms with Gasteiger partial charge in [-0.3, -0.25) is 9.59 Å². The van der Waals surface area contributed by atoms with Gasteiger partial charge < -0.3 is 9.88 Å². The van der Waals surface area contributed by atoms with Gasteiger partial charge in [-0.05, 0) is 28.8 Å². The summed E-state index contributed by atoms with van der Waals surface area (Å²) in [7, 11) is 1.74. The lowest BCUT2D eigenvalue weighted by molar-refractivity contribution is -0.138. The van der Waals surface area contributed by atoms with Gasteiger partial charge in [0.15, 0.2) is 5.82 Å². The summed E-state index contributed by atoms with van der Waals surface area (Å²) in [6.45, 7) is 0. The number of aromatic nitrogens is 3.